The number of carbonyl (C=O) groups excluding carboxylic acids is 2. The molecule has 0 N–H and O–H groups in total. The predicted octanol–water partition coefficient (Wildman–Crippen LogP) is 1.99. The summed E-state index contributed by atoms with van der Waals surface area (Å²) < 4.78 is 21.3. The van der Waals surface area contributed by atoms with Crippen LogP contribution in [0.25, 0.3) is 0 Å². The second kappa shape index (κ2) is 9.79. The maximum atomic E-state index is 10.9. The molecule has 22 heavy (non-hydrogen) atoms. The van der Waals surface area contributed by atoms with Crippen molar-refractivity contribution in [3.8, 4) is 0 Å². The minimum atomic E-state index is -0.0919. The van der Waals surface area contributed by atoms with Crippen molar-refractivity contribution in [2.24, 2.45) is 0 Å². The maximum absolute atomic E-state index is 10.9. The van der Waals surface area contributed by atoms with Gasteiger partial charge in [-0.25, -0.2) is 0 Å². The van der Waals surface area contributed by atoms with Crippen LogP contribution in [-0.4, -0.2) is 50.6 Å². The minimum Gasteiger partial charge on any atom is -0.462 e. The van der Waals surface area contributed by atoms with E-state index in [0.717, 1.165) is 38.5 Å². The summed E-state index contributed by atoms with van der Waals surface area (Å²) in [6.07, 6.45) is 6.38. The van der Waals surface area contributed by atoms with Gasteiger partial charge in [0.1, 0.15) is 12.2 Å². The first kappa shape index (κ1) is 17.2. The van der Waals surface area contributed by atoms with E-state index in [4.69, 9.17) is 18.9 Å². The molecule has 2 aliphatic heterocycles. The Balaban J connectivity index is 1.30. The third-order valence-electron chi connectivity index (χ3n) is 3.91. The van der Waals surface area contributed by atoms with Crippen molar-refractivity contribution in [1.29, 1.82) is 0 Å². The van der Waals surface area contributed by atoms with E-state index < -0.39 is 0 Å². The van der Waals surface area contributed by atoms with Gasteiger partial charge in [-0.3, -0.25) is 9.59 Å². The Hall–Kier alpha value is -1.14. The SMILES string of the molecule is O=C1CCC(CCCOCCCOCCC2CCC(=O)O2)O1. The zero-order valence-corrected chi connectivity index (χ0v) is 13.1. The van der Waals surface area contributed by atoms with Gasteiger partial charge in [-0.15, -0.1) is 0 Å². The van der Waals surface area contributed by atoms with E-state index in [-0.39, 0.29) is 24.1 Å². The number of hydrogen-bond acceptors (Lipinski definition) is 6. The Bertz CT molecular complexity index is 323. The van der Waals surface area contributed by atoms with E-state index in [1.807, 2.05) is 0 Å². The van der Waals surface area contributed by atoms with Gasteiger partial charge in [0.2, 0.25) is 0 Å². The van der Waals surface area contributed by atoms with E-state index in [9.17, 15) is 9.59 Å². The number of esters is 2. The van der Waals surface area contributed by atoms with Crippen molar-refractivity contribution >= 4 is 11.9 Å². The van der Waals surface area contributed by atoms with Gasteiger partial charge in [-0.2, -0.15) is 0 Å². The van der Waals surface area contributed by atoms with Crippen LogP contribution >= 0.6 is 0 Å². The molecule has 0 aromatic rings. The summed E-state index contributed by atoms with van der Waals surface area (Å²) in [4.78, 5) is 21.8. The summed E-state index contributed by atoms with van der Waals surface area (Å²) in [5.74, 6) is -0.166. The Morgan fingerprint density at radius 1 is 0.773 bits per heavy atom. The average molecular weight is 314 g/mol. The summed E-state index contributed by atoms with van der Waals surface area (Å²) in [7, 11) is 0. The highest BCUT2D eigenvalue weighted by Crippen LogP contribution is 2.18. The van der Waals surface area contributed by atoms with E-state index in [1.54, 1.807) is 0 Å². The largest absolute Gasteiger partial charge is 0.462 e. The van der Waals surface area contributed by atoms with Crippen molar-refractivity contribution in [3.63, 3.8) is 0 Å². The number of cyclic esters (lactones) is 2. The molecular formula is C16H26O6. The lowest BCUT2D eigenvalue weighted by atomic mass is 10.1. The van der Waals surface area contributed by atoms with Crippen molar-refractivity contribution in [3.05, 3.63) is 0 Å². The molecule has 0 aliphatic carbocycles. The number of rotatable bonds is 11. The van der Waals surface area contributed by atoms with Crippen LogP contribution in [0, 0.1) is 0 Å². The molecule has 0 aromatic carbocycles. The van der Waals surface area contributed by atoms with Gasteiger partial charge in [0.15, 0.2) is 0 Å². The molecule has 6 heteroatoms. The molecule has 126 valence electrons. The molecule has 0 amide bonds. The van der Waals surface area contributed by atoms with E-state index in [0.29, 0.717) is 39.3 Å². The zero-order valence-electron chi connectivity index (χ0n) is 13.1. The lowest BCUT2D eigenvalue weighted by Crippen LogP contribution is -2.12. The Morgan fingerprint density at radius 2 is 1.32 bits per heavy atom. The van der Waals surface area contributed by atoms with Crippen LogP contribution in [0.2, 0.25) is 0 Å². The molecule has 6 nitrogen and oxygen atoms in total. The molecule has 0 spiro atoms. The highest BCUT2D eigenvalue weighted by Gasteiger charge is 2.23. The normalized spacial score (nSPS) is 24.5. The molecule has 0 radical (unpaired) electrons. The van der Waals surface area contributed by atoms with Gasteiger partial charge in [-0.05, 0) is 32.1 Å². The van der Waals surface area contributed by atoms with Gasteiger partial charge >= 0.3 is 11.9 Å². The van der Waals surface area contributed by atoms with E-state index >= 15 is 0 Å². The van der Waals surface area contributed by atoms with Crippen LogP contribution in [0.3, 0.4) is 0 Å². The highest BCUT2D eigenvalue weighted by atomic mass is 16.6. The zero-order chi connectivity index (χ0) is 15.6. The monoisotopic (exact) mass is 314 g/mol. The summed E-state index contributed by atoms with van der Waals surface area (Å²) in [5, 5.41) is 0. The molecule has 2 heterocycles. The van der Waals surface area contributed by atoms with Gasteiger partial charge in [0, 0.05) is 39.1 Å². The Morgan fingerprint density at radius 3 is 1.91 bits per heavy atom. The molecule has 0 aromatic heterocycles. The second-order valence-corrected chi connectivity index (χ2v) is 5.81. The summed E-state index contributed by atoms with van der Waals surface area (Å²) in [5.41, 5.74) is 0. The average Bonchev–Trinajstić information content (AvgIpc) is 3.09. The minimum absolute atomic E-state index is 0.0495. The van der Waals surface area contributed by atoms with Crippen molar-refractivity contribution in [2.45, 2.75) is 63.6 Å². The van der Waals surface area contributed by atoms with Crippen LogP contribution in [-0.2, 0) is 28.5 Å². The van der Waals surface area contributed by atoms with Crippen LogP contribution in [0.15, 0.2) is 0 Å². The van der Waals surface area contributed by atoms with Crippen LogP contribution in [0.4, 0.5) is 0 Å². The smallest absolute Gasteiger partial charge is 0.306 e. The van der Waals surface area contributed by atoms with Crippen molar-refractivity contribution in [1.82, 2.24) is 0 Å². The molecule has 2 aliphatic rings. The van der Waals surface area contributed by atoms with E-state index in [1.165, 1.54) is 0 Å². The third-order valence-corrected chi connectivity index (χ3v) is 3.91. The van der Waals surface area contributed by atoms with Gasteiger partial charge in [0.05, 0.1) is 6.61 Å². The fraction of sp³-hybridized carbons (Fsp3) is 0.875. The molecule has 2 rings (SSSR count). The van der Waals surface area contributed by atoms with Crippen LogP contribution < -0.4 is 0 Å². The maximum Gasteiger partial charge on any atom is 0.306 e. The lowest BCUT2D eigenvalue weighted by Gasteiger charge is -2.10. The number of hydrogen-bond donors (Lipinski definition) is 0. The fourth-order valence-corrected chi connectivity index (χ4v) is 2.67. The highest BCUT2D eigenvalue weighted by molar-refractivity contribution is 5.71. The summed E-state index contributed by atoms with van der Waals surface area (Å²) in [6, 6.07) is 0. The molecule has 0 bridgehead atoms. The fourth-order valence-electron chi connectivity index (χ4n) is 2.67. The number of carbonyl (C=O) groups is 2. The first-order valence-electron chi connectivity index (χ1n) is 8.28. The standard InChI is InChI=1S/C16H26O6/c17-15-6-4-13(21-15)3-1-9-19-10-2-11-20-12-8-14-5-7-16(18)22-14/h13-14H,1-12H2. The topological polar surface area (TPSA) is 71.1 Å². The van der Waals surface area contributed by atoms with Crippen molar-refractivity contribution in [2.75, 3.05) is 26.4 Å². The molecular weight excluding hydrogens is 288 g/mol. The van der Waals surface area contributed by atoms with Crippen LogP contribution in [0.1, 0.15) is 51.4 Å². The third kappa shape index (κ3) is 6.75. The number of ether oxygens (including phenoxy) is 4. The van der Waals surface area contributed by atoms with Gasteiger partial charge < -0.3 is 18.9 Å². The molecule has 2 unspecified atom stereocenters. The Kier molecular flexibility index (Phi) is 7.66. The van der Waals surface area contributed by atoms with Gasteiger partial charge in [0.25, 0.3) is 0 Å². The molecule has 2 atom stereocenters. The molecule has 2 saturated heterocycles. The first-order valence-corrected chi connectivity index (χ1v) is 8.28. The summed E-state index contributed by atoms with van der Waals surface area (Å²) in [6.45, 7) is 2.68. The van der Waals surface area contributed by atoms with E-state index in [2.05, 4.69) is 0 Å². The van der Waals surface area contributed by atoms with Gasteiger partial charge in [-0.1, -0.05) is 0 Å². The van der Waals surface area contributed by atoms with Crippen LogP contribution in [0.5, 0.6) is 0 Å². The first-order chi connectivity index (χ1) is 10.7. The Labute approximate surface area is 131 Å². The van der Waals surface area contributed by atoms with Crippen molar-refractivity contribution < 1.29 is 28.5 Å². The summed E-state index contributed by atoms with van der Waals surface area (Å²) >= 11 is 0. The molecule has 0 saturated carbocycles. The predicted molar refractivity (Wildman–Crippen MR) is 78.3 cm³/mol. The quantitative estimate of drug-likeness (QED) is 0.429. The molecule has 2 fully saturated rings. The second-order valence-electron chi connectivity index (χ2n) is 5.81. The lowest BCUT2D eigenvalue weighted by molar-refractivity contribution is -0.142.